The second-order valence-electron chi connectivity index (χ2n) is 11.8. The molecular formula is C30H31N7O5S. The highest BCUT2D eigenvalue weighted by atomic mass is 32.2. The average molecular weight is 602 g/mol. The van der Waals surface area contributed by atoms with E-state index in [-0.39, 0.29) is 29.2 Å². The quantitative estimate of drug-likeness (QED) is 0.287. The number of aromatic amines is 1. The van der Waals surface area contributed by atoms with Crippen molar-refractivity contribution >= 4 is 49.8 Å². The molecule has 2 aromatic carbocycles. The van der Waals surface area contributed by atoms with Crippen molar-refractivity contribution < 1.29 is 22.7 Å². The first-order chi connectivity index (χ1) is 20.8. The van der Waals surface area contributed by atoms with E-state index in [2.05, 4.69) is 33.0 Å². The molecule has 3 fully saturated rings. The maximum absolute atomic E-state index is 13.1. The number of hydrogen-bond acceptors (Lipinski definition) is 10. The smallest absolute Gasteiger partial charge is 0.235 e. The van der Waals surface area contributed by atoms with Gasteiger partial charge in [0.05, 0.1) is 36.7 Å². The van der Waals surface area contributed by atoms with Crippen LogP contribution in [0.15, 0.2) is 36.4 Å². The fourth-order valence-corrected chi connectivity index (χ4v) is 7.75. The van der Waals surface area contributed by atoms with Crippen molar-refractivity contribution in [2.45, 2.75) is 36.5 Å². The number of carbonyl (C=O) groups is 1. The number of H-pyrrole nitrogens is 1. The average Bonchev–Trinajstić information content (AvgIpc) is 3.92. The van der Waals surface area contributed by atoms with Crippen LogP contribution in [0.3, 0.4) is 0 Å². The third kappa shape index (κ3) is 4.20. The highest BCUT2D eigenvalue weighted by Crippen LogP contribution is 2.65. The number of amides is 1. The topological polar surface area (TPSA) is 151 Å². The number of nitrogens with one attached hydrogen (secondary N) is 3. The normalized spacial score (nSPS) is 23.7. The van der Waals surface area contributed by atoms with Crippen molar-refractivity contribution in [1.29, 1.82) is 0 Å². The lowest BCUT2D eigenvalue weighted by molar-refractivity contribution is -0.118. The first kappa shape index (κ1) is 26.3. The van der Waals surface area contributed by atoms with Crippen LogP contribution in [0.1, 0.15) is 48.0 Å². The maximum atomic E-state index is 13.1. The number of carbonyl (C=O) groups excluding carboxylic acids is 1. The first-order valence-electron chi connectivity index (χ1n) is 14.5. The second-order valence-corrected chi connectivity index (χ2v) is 14.1. The molecule has 2 saturated carbocycles. The molecule has 0 unspecified atom stereocenters. The van der Waals surface area contributed by atoms with E-state index in [0.29, 0.717) is 36.3 Å². The van der Waals surface area contributed by atoms with Gasteiger partial charge in [0.25, 0.3) is 0 Å². The molecule has 0 bridgehead atoms. The molecule has 3 N–H and O–H groups in total. The molecule has 2 atom stereocenters. The fourth-order valence-electron chi connectivity index (χ4n) is 6.55. The predicted molar refractivity (Wildman–Crippen MR) is 161 cm³/mol. The Balaban J connectivity index is 1.11. The van der Waals surface area contributed by atoms with E-state index in [1.165, 1.54) is 0 Å². The Morgan fingerprint density at radius 1 is 1.02 bits per heavy atom. The number of nitrogens with zero attached hydrogens (tertiary/aromatic N) is 4. The van der Waals surface area contributed by atoms with Gasteiger partial charge in [-0.05, 0) is 60.7 Å². The molecule has 2 aliphatic carbocycles. The minimum atomic E-state index is -3.05. The van der Waals surface area contributed by atoms with E-state index in [1.54, 1.807) is 14.2 Å². The van der Waals surface area contributed by atoms with Gasteiger partial charge in [0.15, 0.2) is 27.3 Å². The van der Waals surface area contributed by atoms with Gasteiger partial charge < -0.3 is 25.0 Å². The summed E-state index contributed by atoms with van der Waals surface area (Å²) in [6.07, 6.45) is 2.77. The lowest BCUT2D eigenvalue weighted by atomic mass is 9.91. The molecule has 43 heavy (non-hydrogen) atoms. The number of anilines is 4. The molecule has 2 aliphatic heterocycles. The van der Waals surface area contributed by atoms with Gasteiger partial charge in [0.1, 0.15) is 11.6 Å². The summed E-state index contributed by atoms with van der Waals surface area (Å²) in [4.78, 5) is 24.7. The molecule has 8 rings (SSSR count). The minimum Gasteiger partial charge on any atom is -0.497 e. The summed E-state index contributed by atoms with van der Waals surface area (Å²) in [5.74, 6) is 4.11. The van der Waals surface area contributed by atoms with Crippen LogP contribution in [-0.4, -0.2) is 73.3 Å². The number of ether oxygens (including phenoxy) is 2. The summed E-state index contributed by atoms with van der Waals surface area (Å²) in [6, 6.07) is 11.9. The molecule has 1 spiro atoms. The minimum absolute atomic E-state index is 0.0252. The van der Waals surface area contributed by atoms with Gasteiger partial charge >= 0.3 is 0 Å². The number of fused-ring (bicyclic) bond motifs is 3. The molecule has 13 heteroatoms. The molecule has 4 aromatic rings. The van der Waals surface area contributed by atoms with E-state index in [0.717, 1.165) is 58.6 Å². The lowest BCUT2D eigenvalue weighted by Gasteiger charge is -2.29. The first-order valence-corrected chi connectivity index (χ1v) is 16.3. The van der Waals surface area contributed by atoms with Crippen LogP contribution in [0, 0.1) is 0 Å². The van der Waals surface area contributed by atoms with E-state index >= 15 is 0 Å². The van der Waals surface area contributed by atoms with Gasteiger partial charge in [-0.25, -0.2) is 18.4 Å². The van der Waals surface area contributed by atoms with Crippen molar-refractivity contribution in [3.8, 4) is 11.5 Å². The Bertz CT molecular complexity index is 1910. The van der Waals surface area contributed by atoms with Crippen LogP contribution in [0.5, 0.6) is 11.5 Å². The van der Waals surface area contributed by atoms with Crippen LogP contribution in [0.25, 0.3) is 10.9 Å². The van der Waals surface area contributed by atoms with Gasteiger partial charge in [-0.3, -0.25) is 9.89 Å². The molecule has 1 amide bonds. The van der Waals surface area contributed by atoms with Gasteiger partial charge in [0, 0.05) is 36.0 Å². The van der Waals surface area contributed by atoms with Crippen molar-refractivity contribution in [1.82, 2.24) is 20.2 Å². The van der Waals surface area contributed by atoms with Crippen molar-refractivity contribution in [2.24, 2.45) is 0 Å². The SMILES string of the molecule is COc1ccc2c(c1)[C@]1(C[C@H]1c1ccc3c(Nc4nc(C5CC5)nc(N5CCS(=O)(=O)CC5)c4OC)n[nH]c3c1)C(=O)N2. The number of hydrogen-bond donors (Lipinski definition) is 3. The molecule has 1 saturated heterocycles. The highest BCUT2D eigenvalue weighted by molar-refractivity contribution is 7.91. The Hall–Kier alpha value is -4.39. The Labute approximate surface area is 248 Å². The Morgan fingerprint density at radius 2 is 1.84 bits per heavy atom. The summed E-state index contributed by atoms with van der Waals surface area (Å²) in [5, 5.41) is 15.0. The highest BCUT2D eigenvalue weighted by Gasteiger charge is 2.65. The lowest BCUT2D eigenvalue weighted by Crippen LogP contribution is -2.41. The summed E-state index contributed by atoms with van der Waals surface area (Å²) in [7, 11) is 0.148. The second kappa shape index (κ2) is 9.30. The number of benzene rings is 2. The number of aromatic nitrogens is 4. The summed E-state index contributed by atoms with van der Waals surface area (Å²) in [6.45, 7) is 0.705. The van der Waals surface area contributed by atoms with Gasteiger partial charge in [0.2, 0.25) is 11.7 Å². The third-order valence-corrected chi connectivity index (χ3v) is 10.8. The van der Waals surface area contributed by atoms with Crippen molar-refractivity contribution in [3.05, 3.63) is 53.3 Å². The summed E-state index contributed by atoms with van der Waals surface area (Å²) in [5.41, 5.74) is 3.14. The molecule has 4 heterocycles. The number of methoxy groups -OCH3 is 2. The van der Waals surface area contributed by atoms with Gasteiger partial charge in [-0.2, -0.15) is 5.10 Å². The van der Waals surface area contributed by atoms with E-state index in [1.807, 2.05) is 29.2 Å². The van der Waals surface area contributed by atoms with Crippen LogP contribution in [0.2, 0.25) is 0 Å². The molecule has 0 radical (unpaired) electrons. The van der Waals surface area contributed by atoms with E-state index in [4.69, 9.17) is 19.4 Å². The third-order valence-electron chi connectivity index (χ3n) is 9.20. The van der Waals surface area contributed by atoms with E-state index < -0.39 is 15.3 Å². The zero-order valence-electron chi connectivity index (χ0n) is 23.8. The number of rotatable bonds is 7. The van der Waals surface area contributed by atoms with Crippen LogP contribution < -0.4 is 25.0 Å². The van der Waals surface area contributed by atoms with Gasteiger partial charge in [-0.15, -0.1) is 0 Å². The molecule has 222 valence electrons. The van der Waals surface area contributed by atoms with Crippen LogP contribution in [0.4, 0.5) is 23.1 Å². The fraction of sp³-hybridized carbons (Fsp3) is 0.400. The summed E-state index contributed by atoms with van der Waals surface area (Å²) >= 11 is 0. The Kier molecular flexibility index (Phi) is 5.68. The Morgan fingerprint density at radius 3 is 2.58 bits per heavy atom. The standard InChI is InChI=1S/C30H31N7O5S/c1-41-18-6-8-22-20(14-18)30(29(38)31-22)15-21(30)17-5-7-19-23(13-17)35-36-26(19)33-27-24(42-2)28(34-25(32-27)16-3-4-16)37-9-11-43(39,40)12-10-37/h5-8,13-14,16,21H,3-4,9-12,15H2,1-2H3,(H,31,38)(H2,32,33,34,35,36)/t21-,30-/m0/s1. The van der Waals surface area contributed by atoms with Crippen LogP contribution >= 0.6 is 0 Å². The van der Waals surface area contributed by atoms with Crippen LogP contribution in [-0.2, 0) is 20.0 Å². The zero-order valence-corrected chi connectivity index (χ0v) is 24.6. The zero-order chi connectivity index (χ0) is 29.5. The molecule has 12 nitrogen and oxygen atoms in total. The molecule has 2 aromatic heterocycles. The summed E-state index contributed by atoms with van der Waals surface area (Å²) < 4.78 is 35.4. The van der Waals surface area contributed by atoms with Crippen molar-refractivity contribution in [3.63, 3.8) is 0 Å². The molecule has 4 aliphatic rings. The largest absolute Gasteiger partial charge is 0.497 e. The van der Waals surface area contributed by atoms with Gasteiger partial charge in [-0.1, -0.05) is 6.07 Å². The maximum Gasteiger partial charge on any atom is 0.235 e. The molecular weight excluding hydrogens is 570 g/mol. The number of sulfone groups is 1. The van der Waals surface area contributed by atoms with E-state index in [9.17, 15) is 13.2 Å². The van der Waals surface area contributed by atoms with Crippen molar-refractivity contribution in [2.75, 3.05) is 54.3 Å². The predicted octanol–water partition coefficient (Wildman–Crippen LogP) is 3.60. The monoisotopic (exact) mass is 601 g/mol.